The summed E-state index contributed by atoms with van der Waals surface area (Å²) >= 11 is 0. The van der Waals surface area contributed by atoms with Crippen LogP contribution in [0.5, 0.6) is 0 Å². The van der Waals surface area contributed by atoms with Gasteiger partial charge in [-0.15, -0.1) is 0 Å². The first-order valence-electron chi connectivity index (χ1n) is 8.91. The van der Waals surface area contributed by atoms with Crippen LogP contribution in [0.3, 0.4) is 0 Å². The van der Waals surface area contributed by atoms with Crippen molar-refractivity contribution in [2.24, 2.45) is 0 Å². The van der Waals surface area contributed by atoms with Gasteiger partial charge in [0, 0.05) is 30.5 Å². The van der Waals surface area contributed by atoms with Gasteiger partial charge in [0.1, 0.15) is 11.3 Å². The molecule has 7 nitrogen and oxygen atoms in total. The highest BCUT2D eigenvalue weighted by Crippen LogP contribution is 2.43. The molecule has 0 bridgehead atoms. The monoisotopic (exact) mass is 367 g/mol. The summed E-state index contributed by atoms with van der Waals surface area (Å²) in [7, 11) is 0. The van der Waals surface area contributed by atoms with Crippen molar-refractivity contribution in [3.63, 3.8) is 0 Å². The Balaban J connectivity index is 1.31. The molecule has 138 valence electrons. The van der Waals surface area contributed by atoms with E-state index in [0.29, 0.717) is 22.9 Å². The Labute approximate surface area is 154 Å². The van der Waals surface area contributed by atoms with Gasteiger partial charge < -0.3 is 9.73 Å². The molecule has 0 spiro atoms. The van der Waals surface area contributed by atoms with E-state index in [0.717, 1.165) is 18.5 Å². The summed E-state index contributed by atoms with van der Waals surface area (Å²) < 4.78 is 18.8. The summed E-state index contributed by atoms with van der Waals surface area (Å²) in [6.45, 7) is 3.77. The van der Waals surface area contributed by atoms with E-state index in [4.69, 9.17) is 4.42 Å². The SMILES string of the molecule is CC1(C)C(=O)N(C2CC(Nc3nc4ccc(F)cc4o3)C2)c2nccnc21. The van der Waals surface area contributed by atoms with Crippen LogP contribution in [0.2, 0.25) is 0 Å². The fraction of sp³-hybridized carbons (Fsp3) is 0.368. The third kappa shape index (κ3) is 2.39. The fourth-order valence-corrected chi connectivity index (χ4v) is 3.84. The average molecular weight is 367 g/mol. The summed E-state index contributed by atoms with van der Waals surface area (Å²) in [5, 5.41) is 3.23. The molecule has 1 fully saturated rings. The molecular formula is C19H18FN5O2. The maximum Gasteiger partial charge on any atom is 0.295 e. The van der Waals surface area contributed by atoms with Crippen molar-refractivity contribution in [2.75, 3.05) is 10.2 Å². The lowest BCUT2D eigenvalue weighted by Crippen LogP contribution is -2.53. The van der Waals surface area contributed by atoms with Gasteiger partial charge in [-0.2, -0.15) is 4.98 Å². The minimum Gasteiger partial charge on any atom is -0.423 e. The van der Waals surface area contributed by atoms with E-state index < -0.39 is 5.41 Å². The van der Waals surface area contributed by atoms with Crippen molar-refractivity contribution < 1.29 is 13.6 Å². The molecule has 1 aromatic carbocycles. The number of carbonyl (C=O) groups is 1. The number of nitrogens with zero attached hydrogens (tertiary/aromatic N) is 4. The number of carbonyl (C=O) groups excluding carboxylic acids is 1. The molecule has 2 aliphatic rings. The van der Waals surface area contributed by atoms with Crippen LogP contribution in [0, 0.1) is 5.82 Å². The molecule has 2 aromatic heterocycles. The first kappa shape index (κ1) is 16.2. The number of halogens is 1. The molecule has 8 heteroatoms. The predicted octanol–water partition coefficient (Wildman–Crippen LogP) is 3.02. The zero-order valence-electron chi connectivity index (χ0n) is 14.9. The zero-order chi connectivity index (χ0) is 18.8. The molecule has 0 unspecified atom stereocenters. The van der Waals surface area contributed by atoms with Crippen molar-refractivity contribution in [3.05, 3.63) is 42.1 Å². The highest BCUT2D eigenvalue weighted by atomic mass is 19.1. The Morgan fingerprint density at radius 2 is 2.04 bits per heavy atom. The van der Waals surface area contributed by atoms with Crippen molar-refractivity contribution in [3.8, 4) is 0 Å². The number of oxazole rings is 1. The molecule has 1 amide bonds. The molecule has 0 saturated heterocycles. The van der Waals surface area contributed by atoms with Crippen LogP contribution in [0.4, 0.5) is 16.2 Å². The summed E-state index contributed by atoms with van der Waals surface area (Å²) in [6, 6.07) is 4.82. The minimum absolute atomic E-state index is 0.0319. The third-order valence-electron chi connectivity index (χ3n) is 5.41. The summed E-state index contributed by atoms with van der Waals surface area (Å²) in [5.74, 6) is 0.335. The van der Waals surface area contributed by atoms with E-state index in [1.165, 1.54) is 12.1 Å². The molecule has 5 rings (SSSR count). The average Bonchev–Trinajstić information content (AvgIpc) is 3.09. The summed E-state index contributed by atoms with van der Waals surface area (Å²) in [6.07, 6.45) is 4.75. The number of amides is 1. The summed E-state index contributed by atoms with van der Waals surface area (Å²) in [4.78, 5) is 27.8. The Bertz CT molecular complexity index is 1060. The van der Waals surface area contributed by atoms with Crippen LogP contribution in [0.15, 0.2) is 35.0 Å². The molecule has 1 aliphatic carbocycles. The first-order valence-corrected chi connectivity index (χ1v) is 8.91. The molecule has 0 radical (unpaired) electrons. The Morgan fingerprint density at radius 1 is 1.26 bits per heavy atom. The Morgan fingerprint density at radius 3 is 2.85 bits per heavy atom. The lowest BCUT2D eigenvalue weighted by atomic mass is 9.85. The van der Waals surface area contributed by atoms with Gasteiger partial charge in [0.25, 0.3) is 6.01 Å². The van der Waals surface area contributed by atoms with Gasteiger partial charge in [0.2, 0.25) is 5.91 Å². The van der Waals surface area contributed by atoms with Gasteiger partial charge in [0.05, 0.1) is 11.1 Å². The minimum atomic E-state index is -0.660. The van der Waals surface area contributed by atoms with Gasteiger partial charge in [-0.1, -0.05) is 0 Å². The number of benzene rings is 1. The number of hydrogen-bond acceptors (Lipinski definition) is 6. The molecular weight excluding hydrogens is 349 g/mol. The van der Waals surface area contributed by atoms with Crippen LogP contribution < -0.4 is 10.2 Å². The number of fused-ring (bicyclic) bond motifs is 2. The van der Waals surface area contributed by atoms with Crippen molar-refractivity contribution in [1.82, 2.24) is 15.0 Å². The number of aromatic nitrogens is 3. The van der Waals surface area contributed by atoms with Crippen LogP contribution in [0.1, 0.15) is 32.4 Å². The lowest BCUT2D eigenvalue weighted by Gasteiger charge is -2.41. The topological polar surface area (TPSA) is 84.2 Å². The van der Waals surface area contributed by atoms with Gasteiger partial charge >= 0.3 is 0 Å². The second-order valence-corrected chi connectivity index (χ2v) is 7.63. The van der Waals surface area contributed by atoms with Crippen molar-refractivity contribution >= 4 is 28.8 Å². The molecule has 0 atom stereocenters. The van der Waals surface area contributed by atoms with E-state index in [9.17, 15) is 9.18 Å². The van der Waals surface area contributed by atoms with Gasteiger partial charge in [-0.25, -0.2) is 9.37 Å². The second-order valence-electron chi connectivity index (χ2n) is 7.63. The highest BCUT2D eigenvalue weighted by molar-refractivity contribution is 6.06. The van der Waals surface area contributed by atoms with E-state index in [1.807, 2.05) is 13.8 Å². The maximum absolute atomic E-state index is 13.3. The predicted molar refractivity (Wildman–Crippen MR) is 96.9 cm³/mol. The van der Waals surface area contributed by atoms with Crippen LogP contribution in [-0.4, -0.2) is 32.9 Å². The zero-order valence-corrected chi connectivity index (χ0v) is 14.9. The normalized spacial score (nSPS) is 23.4. The molecule has 3 aromatic rings. The number of rotatable bonds is 3. The van der Waals surface area contributed by atoms with E-state index in [2.05, 4.69) is 20.3 Å². The summed E-state index contributed by atoms with van der Waals surface area (Å²) in [5.41, 5.74) is 1.09. The largest absolute Gasteiger partial charge is 0.423 e. The standard InChI is InChI=1S/C19H18FN5O2/c1-19(2)15-16(22-6-5-21-15)25(17(19)26)12-8-11(9-12)23-18-24-13-4-3-10(20)7-14(13)27-18/h3-7,11-12H,8-9H2,1-2H3,(H,23,24). The van der Waals surface area contributed by atoms with Crippen LogP contribution in [0.25, 0.3) is 11.1 Å². The number of nitrogens with one attached hydrogen (secondary N) is 1. The fourth-order valence-electron chi connectivity index (χ4n) is 3.84. The molecule has 1 saturated carbocycles. The second kappa shape index (κ2) is 5.48. The van der Waals surface area contributed by atoms with Crippen molar-refractivity contribution in [1.29, 1.82) is 0 Å². The molecule has 1 aliphatic heterocycles. The third-order valence-corrected chi connectivity index (χ3v) is 5.41. The Kier molecular flexibility index (Phi) is 3.28. The maximum atomic E-state index is 13.3. The van der Waals surface area contributed by atoms with E-state index >= 15 is 0 Å². The first-order chi connectivity index (χ1) is 12.9. The number of hydrogen-bond donors (Lipinski definition) is 1. The van der Waals surface area contributed by atoms with Crippen LogP contribution in [-0.2, 0) is 10.2 Å². The van der Waals surface area contributed by atoms with E-state index in [-0.39, 0.29) is 23.8 Å². The highest BCUT2D eigenvalue weighted by Gasteiger charge is 2.51. The van der Waals surface area contributed by atoms with Gasteiger partial charge in [-0.05, 0) is 38.8 Å². The lowest BCUT2D eigenvalue weighted by molar-refractivity contribution is -0.123. The van der Waals surface area contributed by atoms with Crippen LogP contribution >= 0.6 is 0 Å². The molecule has 27 heavy (non-hydrogen) atoms. The Hall–Kier alpha value is -3.03. The number of anilines is 2. The smallest absolute Gasteiger partial charge is 0.295 e. The van der Waals surface area contributed by atoms with Crippen molar-refractivity contribution in [2.45, 2.75) is 44.2 Å². The van der Waals surface area contributed by atoms with E-state index in [1.54, 1.807) is 23.4 Å². The van der Waals surface area contributed by atoms with Gasteiger partial charge in [0.15, 0.2) is 11.4 Å². The van der Waals surface area contributed by atoms with Gasteiger partial charge in [-0.3, -0.25) is 14.7 Å². The quantitative estimate of drug-likeness (QED) is 0.766. The molecule has 3 heterocycles. The molecule has 1 N–H and O–H groups in total.